The van der Waals surface area contributed by atoms with Crippen LogP contribution in [0.3, 0.4) is 0 Å². The molecule has 0 fully saturated rings. The molecule has 0 saturated heterocycles. The van der Waals surface area contributed by atoms with Crippen molar-refractivity contribution in [3.63, 3.8) is 0 Å². The van der Waals surface area contributed by atoms with Crippen molar-refractivity contribution in [3.8, 4) is 6.07 Å². The quantitative estimate of drug-likeness (QED) is 0.729. The first-order valence-electron chi connectivity index (χ1n) is 6.15. The van der Waals surface area contributed by atoms with Gasteiger partial charge in [0.05, 0.1) is 12.5 Å². The number of halogens is 3. The van der Waals surface area contributed by atoms with E-state index < -0.39 is 11.6 Å². The van der Waals surface area contributed by atoms with E-state index in [1.165, 1.54) is 12.1 Å². The van der Waals surface area contributed by atoms with Crippen LogP contribution in [0.25, 0.3) is 0 Å². The molecule has 104 valence electrons. The molecular formula is C14H17BrF2N2. The van der Waals surface area contributed by atoms with Crippen molar-refractivity contribution in [2.24, 2.45) is 5.92 Å². The third kappa shape index (κ3) is 4.46. The van der Waals surface area contributed by atoms with Gasteiger partial charge in [-0.3, -0.25) is 0 Å². The van der Waals surface area contributed by atoms with Gasteiger partial charge in [-0.15, -0.1) is 0 Å². The van der Waals surface area contributed by atoms with Crippen molar-refractivity contribution in [1.29, 1.82) is 5.26 Å². The second-order valence-electron chi connectivity index (χ2n) is 4.79. The normalized spacial score (nSPS) is 10.6. The molecule has 0 bridgehead atoms. The number of rotatable bonds is 6. The van der Waals surface area contributed by atoms with Crippen LogP contribution in [0, 0.1) is 28.9 Å². The molecule has 0 aromatic heterocycles. The monoisotopic (exact) mass is 330 g/mol. The molecule has 19 heavy (non-hydrogen) atoms. The van der Waals surface area contributed by atoms with Crippen LogP contribution in [0.4, 0.5) is 14.5 Å². The summed E-state index contributed by atoms with van der Waals surface area (Å²) in [7, 11) is 0. The molecule has 0 amide bonds. The molecule has 0 saturated carbocycles. The highest BCUT2D eigenvalue weighted by atomic mass is 79.9. The van der Waals surface area contributed by atoms with Crippen molar-refractivity contribution in [3.05, 3.63) is 29.3 Å². The van der Waals surface area contributed by atoms with E-state index in [-0.39, 0.29) is 18.0 Å². The van der Waals surface area contributed by atoms with Crippen molar-refractivity contribution >= 4 is 21.6 Å². The number of nitrogens with zero attached hydrogens (tertiary/aromatic N) is 2. The molecule has 0 aliphatic rings. The van der Waals surface area contributed by atoms with Crippen molar-refractivity contribution in [1.82, 2.24) is 0 Å². The fourth-order valence-electron chi connectivity index (χ4n) is 1.92. The van der Waals surface area contributed by atoms with Crippen LogP contribution in [0.5, 0.6) is 0 Å². The Bertz CT molecular complexity index is 446. The molecule has 0 aliphatic heterocycles. The van der Waals surface area contributed by atoms with Crippen LogP contribution >= 0.6 is 15.9 Å². The summed E-state index contributed by atoms with van der Waals surface area (Å²) in [5, 5.41) is 9.05. The first kappa shape index (κ1) is 15.9. The van der Waals surface area contributed by atoms with E-state index in [1.54, 1.807) is 4.90 Å². The predicted octanol–water partition coefficient (Wildman–Crippen LogP) is 4.24. The number of alkyl halides is 1. The Balaban J connectivity index is 3.10. The first-order chi connectivity index (χ1) is 8.99. The highest BCUT2D eigenvalue weighted by molar-refractivity contribution is 9.08. The maximum atomic E-state index is 14.0. The van der Waals surface area contributed by atoms with E-state index in [2.05, 4.69) is 15.9 Å². The average molecular weight is 331 g/mol. The van der Waals surface area contributed by atoms with Gasteiger partial charge in [-0.25, -0.2) is 8.78 Å². The fourth-order valence-corrected chi connectivity index (χ4v) is 2.24. The van der Waals surface area contributed by atoms with Crippen LogP contribution in [-0.2, 0) is 5.33 Å². The Labute approximate surface area is 121 Å². The predicted molar refractivity (Wildman–Crippen MR) is 76.3 cm³/mol. The summed E-state index contributed by atoms with van der Waals surface area (Å²) in [6.07, 6.45) is 0.242. The Hall–Kier alpha value is -1.15. The lowest BCUT2D eigenvalue weighted by atomic mass is 10.1. The third-order valence-electron chi connectivity index (χ3n) is 2.63. The molecule has 0 heterocycles. The maximum Gasteiger partial charge on any atom is 0.149 e. The number of hydrogen-bond donors (Lipinski definition) is 0. The maximum absolute atomic E-state index is 14.0. The molecule has 0 radical (unpaired) electrons. The Morgan fingerprint density at radius 1 is 1.32 bits per heavy atom. The van der Waals surface area contributed by atoms with Gasteiger partial charge in [-0.05, 0) is 23.6 Å². The summed E-state index contributed by atoms with van der Waals surface area (Å²) in [5.41, 5.74) is 0.525. The van der Waals surface area contributed by atoms with Crippen LogP contribution in [0.1, 0.15) is 25.8 Å². The first-order valence-corrected chi connectivity index (χ1v) is 7.27. The van der Waals surface area contributed by atoms with Gasteiger partial charge in [0.15, 0.2) is 0 Å². The third-order valence-corrected chi connectivity index (χ3v) is 3.27. The Morgan fingerprint density at radius 3 is 2.32 bits per heavy atom. The van der Waals surface area contributed by atoms with Crippen LogP contribution in [0.2, 0.25) is 0 Å². The summed E-state index contributed by atoms with van der Waals surface area (Å²) in [5.74, 6) is -0.894. The lowest BCUT2D eigenvalue weighted by Gasteiger charge is -2.26. The van der Waals surface area contributed by atoms with Crippen LogP contribution in [0.15, 0.2) is 12.1 Å². The summed E-state index contributed by atoms with van der Waals surface area (Å²) < 4.78 is 28.1. The van der Waals surface area contributed by atoms with E-state index in [4.69, 9.17) is 5.26 Å². The number of benzene rings is 1. The highest BCUT2D eigenvalue weighted by Crippen LogP contribution is 2.26. The second kappa shape index (κ2) is 7.44. The standard InChI is InChI=1S/C14H17BrF2N2/c1-10(2)9-19(5-3-4-18)14-12(16)6-11(8-15)7-13(14)17/h6-7,10H,3,5,8-9H2,1-2H3. The molecule has 0 N–H and O–H groups in total. The smallest absolute Gasteiger partial charge is 0.149 e. The van der Waals surface area contributed by atoms with E-state index in [0.717, 1.165) is 0 Å². The van der Waals surface area contributed by atoms with E-state index in [9.17, 15) is 8.78 Å². The Kier molecular flexibility index (Phi) is 6.23. The molecule has 5 heteroatoms. The molecule has 0 atom stereocenters. The molecule has 2 nitrogen and oxygen atoms in total. The molecule has 0 spiro atoms. The fraction of sp³-hybridized carbons (Fsp3) is 0.500. The highest BCUT2D eigenvalue weighted by Gasteiger charge is 2.18. The minimum Gasteiger partial charge on any atom is -0.366 e. The number of nitriles is 1. The van der Waals surface area contributed by atoms with Gasteiger partial charge in [-0.2, -0.15) is 5.26 Å². The average Bonchev–Trinajstić information content (AvgIpc) is 2.33. The van der Waals surface area contributed by atoms with Crippen molar-refractivity contribution < 1.29 is 8.78 Å². The van der Waals surface area contributed by atoms with Crippen molar-refractivity contribution in [2.75, 3.05) is 18.0 Å². The van der Waals surface area contributed by atoms with Gasteiger partial charge in [0.25, 0.3) is 0 Å². The van der Waals surface area contributed by atoms with Gasteiger partial charge in [0.1, 0.15) is 17.3 Å². The van der Waals surface area contributed by atoms with E-state index in [1.807, 2.05) is 19.9 Å². The summed E-state index contributed by atoms with van der Waals surface area (Å²) in [6.45, 7) is 4.80. The zero-order valence-corrected chi connectivity index (χ0v) is 12.7. The summed E-state index contributed by atoms with van der Waals surface area (Å²) >= 11 is 3.18. The Morgan fingerprint density at radius 2 is 1.89 bits per heavy atom. The zero-order valence-electron chi connectivity index (χ0n) is 11.1. The number of hydrogen-bond acceptors (Lipinski definition) is 2. The lowest BCUT2D eigenvalue weighted by Crippen LogP contribution is -2.30. The van der Waals surface area contributed by atoms with Gasteiger partial charge >= 0.3 is 0 Å². The topological polar surface area (TPSA) is 27.0 Å². The second-order valence-corrected chi connectivity index (χ2v) is 5.35. The van der Waals surface area contributed by atoms with Gasteiger partial charge in [0, 0.05) is 18.4 Å². The van der Waals surface area contributed by atoms with Crippen molar-refractivity contribution in [2.45, 2.75) is 25.6 Å². The molecular weight excluding hydrogens is 314 g/mol. The van der Waals surface area contributed by atoms with Crippen LogP contribution in [-0.4, -0.2) is 13.1 Å². The number of anilines is 1. The van der Waals surface area contributed by atoms with Gasteiger partial charge < -0.3 is 4.90 Å². The SMILES string of the molecule is CC(C)CN(CCC#N)c1c(F)cc(CBr)cc1F. The zero-order chi connectivity index (χ0) is 14.4. The molecule has 0 unspecified atom stereocenters. The minimum absolute atomic E-state index is 0.0337. The lowest BCUT2D eigenvalue weighted by molar-refractivity contribution is 0.547. The molecule has 1 aromatic rings. The van der Waals surface area contributed by atoms with Gasteiger partial charge in [0.2, 0.25) is 0 Å². The summed E-state index contributed by atoms with van der Waals surface area (Å²) in [6, 6.07) is 4.66. The van der Waals surface area contributed by atoms with E-state index in [0.29, 0.717) is 24.0 Å². The summed E-state index contributed by atoms with van der Waals surface area (Å²) in [4.78, 5) is 1.61. The molecule has 0 aliphatic carbocycles. The van der Waals surface area contributed by atoms with Gasteiger partial charge in [-0.1, -0.05) is 29.8 Å². The molecule has 1 aromatic carbocycles. The minimum atomic E-state index is -0.576. The largest absolute Gasteiger partial charge is 0.366 e. The van der Waals surface area contributed by atoms with E-state index >= 15 is 0 Å². The molecule has 1 rings (SSSR count). The van der Waals surface area contributed by atoms with Crippen LogP contribution < -0.4 is 4.90 Å².